The number of hydrogen-bond acceptors (Lipinski definition) is 4. The van der Waals surface area contributed by atoms with Crippen LogP contribution in [0.3, 0.4) is 0 Å². The van der Waals surface area contributed by atoms with Crippen molar-refractivity contribution < 1.29 is 17.9 Å². The number of amides is 1. The van der Waals surface area contributed by atoms with Crippen molar-refractivity contribution in [3.8, 4) is 5.75 Å². The summed E-state index contributed by atoms with van der Waals surface area (Å²) in [6.07, 6.45) is 2.91. The molecule has 1 aromatic rings. The minimum absolute atomic E-state index is 0.0351. The lowest BCUT2D eigenvalue weighted by molar-refractivity contribution is -0.140. The second kappa shape index (κ2) is 6.63. The Morgan fingerprint density at radius 1 is 1.12 bits per heavy atom. The summed E-state index contributed by atoms with van der Waals surface area (Å²) in [5, 5.41) is 0. The largest absolute Gasteiger partial charge is 0.478 e. The SMILES string of the molecule is CC1CCN(C(=O)C2CCN(S(C)(=O)=O)c3ccccc3O2)CC1. The van der Waals surface area contributed by atoms with E-state index in [0.717, 1.165) is 25.9 Å². The molecule has 2 aliphatic rings. The van der Waals surface area contributed by atoms with Gasteiger partial charge in [-0.2, -0.15) is 0 Å². The number of anilines is 1. The molecular weight excluding hydrogens is 328 g/mol. The van der Waals surface area contributed by atoms with Gasteiger partial charge >= 0.3 is 0 Å². The monoisotopic (exact) mass is 352 g/mol. The van der Waals surface area contributed by atoms with Crippen LogP contribution in [0.4, 0.5) is 5.69 Å². The van der Waals surface area contributed by atoms with Crippen molar-refractivity contribution in [3.05, 3.63) is 24.3 Å². The fraction of sp³-hybridized carbons (Fsp3) is 0.588. The van der Waals surface area contributed by atoms with E-state index in [1.807, 2.05) is 4.90 Å². The van der Waals surface area contributed by atoms with Gasteiger partial charge in [-0.3, -0.25) is 9.10 Å². The van der Waals surface area contributed by atoms with Crippen molar-refractivity contribution in [1.29, 1.82) is 0 Å². The summed E-state index contributed by atoms with van der Waals surface area (Å²) in [6.45, 7) is 3.94. The summed E-state index contributed by atoms with van der Waals surface area (Å²) in [7, 11) is -3.42. The zero-order chi connectivity index (χ0) is 17.3. The van der Waals surface area contributed by atoms with E-state index >= 15 is 0 Å². The van der Waals surface area contributed by atoms with Crippen molar-refractivity contribution in [3.63, 3.8) is 0 Å². The van der Waals surface area contributed by atoms with Gasteiger partial charge in [-0.25, -0.2) is 8.42 Å². The van der Waals surface area contributed by atoms with E-state index in [2.05, 4.69) is 6.92 Å². The zero-order valence-corrected chi connectivity index (χ0v) is 15.0. The van der Waals surface area contributed by atoms with Gasteiger partial charge in [0.2, 0.25) is 10.0 Å². The maximum absolute atomic E-state index is 12.8. The number of hydrogen-bond donors (Lipinski definition) is 0. The summed E-state index contributed by atoms with van der Waals surface area (Å²) in [4.78, 5) is 14.7. The van der Waals surface area contributed by atoms with Crippen molar-refractivity contribution in [1.82, 2.24) is 4.90 Å². The van der Waals surface area contributed by atoms with Gasteiger partial charge in [0.05, 0.1) is 11.9 Å². The minimum Gasteiger partial charge on any atom is -0.478 e. The van der Waals surface area contributed by atoms with Gasteiger partial charge in [0.1, 0.15) is 5.75 Å². The average Bonchev–Trinajstić information content (AvgIpc) is 2.74. The molecule has 6 nitrogen and oxygen atoms in total. The molecule has 2 aliphatic heterocycles. The van der Waals surface area contributed by atoms with Gasteiger partial charge in [-0.05, 0) is 30.9 Å². The van der Waals surface area contributed by atoms with Crippen molar-refractivity contribution in [2.24, 2.45) is 5.92 Å². The highest BCUT2D eigenvalue weighted by molar-refractivity contribution is 7.92. The molecule has 1 atom stereocenters. The number of carbonyl (C=O) groups excluding carboxylic acids is 1. The number of rotatable bonds is 2. The summed E-state index contributed by atoms with van der Waals surface area (Å²) in [5.74, 6) is 1.06. The molecule has 1 saturated heterocycles. The lowest BCUT2D eigenvalue weighted by Gasteiger charge is -2.32. The highest BCUT2D eigenvalue weighted by Crippen LogP contribution is 2.34. The van der Waals surface area contributed by atoms with Crippen LogP contribution >= 0.6 is 0 Å². The van der Waals surface area contributed by atoms with E-state index in [-0.39, 0.29) is 12.5 Å². The number of benzene rings is 1. The topological polar surface area (TPSA) is 66.9 Å². The third-order valence-electron chi connectivity index (χ3n) is 4.77. The van der Waals surface area contributed by atoms with Gasteiger partial charge in [0.25, 0.3) is 5.91 Å². The average molecular weight is 352 g/mol. The number of sulfonamides is 1. The third-order valence-corrected chi connectivity index (χ3v) is 5.95. The summed E-state index contributed by atoms with van der Waals surface area (Å²) >= 11 is 0. The Bertz CT molecular complexity index is 711. The normalized spacial score (nSPS) is 22.5. The second-order valence-electron chi connectivity index (χ2n) is 6.71. The number of carbonyl (C=O) groups is 1. The van der Waals surface area contributed by atoms with E-state index in [9.17, 15) is 13.2 Å². The molecule has 0 spiro atoms. The Labute approximate surface area is 143 Å². The zero-order valence-electron chi connectivity index (χ0n) is 14.1. The number of ether oxygens (including phenoxy) is 1. The Morgan fingerprint density at radius 3 is 2.46 bits per heavy atom. The Balaban J connectivity index is 1.83. The van der Waals surface area contributed by atoms with Crippen molar-refractivity contribution in [2.75, 3.05) is 30.2 Å². The van der Waals surface area contributed by atoms with Crippen LogP contribution < -0.4 is 9.04 Å². The molecule has 0 bridgehead atoms. The summed E-state index contributed by atoms with van der Waals surface area (Å²) in [5.41, 5.74) is 0.502. The van der Waals surface area contributed by atoms with Crippen LogP contribution in [0.15, 0.2) is 24.3 Å². The number of likely N-dealkylation sites (tertiary alicyclic amines) is 1. The maximum Gasteiger partial charge on any atom is 0.263 e. The molecule has 0 radical (unpaired) electrons. The number of nitrogens with zero attached hydrogens (tertiary/aromatic N) is 2. The Morgan fingerprint density at radius 2 is 1.79 bits per heavy atom. The van der Waals surface area contributed by atoms with Gasteiger partial charge < -0.3 is 9.64 Å². The van der Waals surface area contributed by atoms with E-state index in [1.54, 1.807) is 24.3 Å². The molecule has 1 fully saturated rings. The van der Waals surface area contributed by atoms with Crippen LogP contribution in [0.2, 0.25) is 0 Å². The summed E-state index contributed by atoms with van der Waals surface area (Å²) < 4.78 is 31.4. The Hall–Kier alpha value is -1.76. The van der Waals surface area contributed by atoms with Crippen molar-refractivity contribution >= 4 is 21.6 Å². The number of para-hydroxylation sites is 2. The first-order valence-corrected chi connectivity index (χ1v) is 10.2. The van der Waals surface area contributed by atoms with Crippen LogP contribution in [-0.2, 0) is 14.8 Å². The fourth-order valence-electron chi connectivity index (χ4n) is 3.28. The molecule has 1 aromatic carbocycles. The highest BCUT2D eigenvalue weighted by Gasteiger charge is 2.34. The molecule has 0 aromatic heterocycles. The molecule has 1 unspecified atom stereocenters. The quantitative estimate of drug-likeness (QED) is 0.815. The van der Waals surface area contributed by atoms with Gasteiger partial charge in [-0.15, -0.1) is 0 Å². The van der Waals surface area contributed by atoms with Crippen LogP contribution in [-0.4, -0.2) is 51.2 Å². The smallest absolute Gasteiger partial charge is 0.263 e. The highest BCUT2D eigenvalue weighted by atomic mass is 32.2. The molecule has 1 amide bonds. The Kier molecular flexibility index (Phi) is 4.71. The molecule has 7 heteroatoms. The van der Waals surface area contributed by atoms with Crippen LogP contribution in [0.5, 0.6) is 5.75 Å². The molecule has 132 valence electrons. The van der Waals surface area contributed by atoms with Crippen molar-refractivity contribution in [2.45, 2.75) is 32.3 Å². The molecule has 0 saturated carbocycles. The molecular formula is C17H24N2O4S. The molecule has 2 heterocycles. The fourth-order valence-corrected chi connectivity index (χ4v) is 4.23. The number of fused-ring (bicyclic) bond motifs is 1. The first-order chi connectivity index (χ1) is 11.4. The van der Waals surface area contributed by atoms with Gasteiger partial charge in [0, 0.05) is 26.1 Å². The standard InChI is InChI=1S/C17H24N2O4S/c1-13-7-10-18(11-8-13)17(20)16-9-12-19(24(2,21)22)14-5-3-4-6-15(14)23-16/h3-6,13,16H,7-12H2,1-2H3. The second-order valence-corrected chi connectivity index (χ2v) is 8.61. The van der Waals surface area contributed by atoms with E-state index < -0.39 is 16.1 Å². The first kappa shape index (κ1) is 17.1. The summed E-state index contributed by atoms with van der Waals surface area (Å²) in [6, 6.07) is 6.99. The van der Waals surface area contributed by atoms with E-state index in [1.165, 1.54) is 10.6 Å². The van der Waals surface area contributed by atoms with E-state index in [4.69, 9.17) is 4.74 Å². The molecule has 0 N–H and O–H groups in total. The number of piperidine rings is 1. The molecule has 24 heavy (non-hydrogen) atoms. The van der Waals surface area contributed by atoms with Crippen LogP contribution in [0.1, 0.15) is 26.2 Å². The first-order valence-electron chi connectivity index (χ1n) is 8.38. The molecule has 0 aliphatic carbocycles. The van der Waals surface area contributed by atoms with Crippen LogP contribution in [0, 0.1) is 5.92 Å². The lowest BCUT2D eigenvalue weighted by atomic mass is 9.98. The van der Waals surface area contributed by atoms with Crippen LogP contribution in [0.25, 0.3) is 0 Å². The van der Waals surface area contributed by atoms with E-state index in [0.29, 0.717) is 23.8 Å². The third kappa shape index (κ3) is 3.50. The minimum atomic E-state index is -3.42. The maximum atomic E-state index is 12.8. The lowest BCUT2D eigenvalue weighted by Crippen LogP contribution is -2.46. The predicted molar refractivity (Wildman–Crippen MR) is 92.6 cm³/mol. The predicted octanol–water partition coefficient (Wildman–Crippen LogP) is 1.86. The van der Waals surface area contributed by atoms with Gasteiger partial charge in [-0.1, -0.05) is 19.1 Å². The van der Waals surface area contributed by atoms with Gasteiger partial charge in [0.15, 0.2) is 6.10 Å². The molecule has 3 rings (SSSR count).